The molecule has 5 rings (SSSR count). The Hall–Kier alpha value is -3.43. The van der Waals surface area contributed by atoms with Crippen LogP contribution in [-0.4, -0.2) is 41.7 Å². The minimum atomic E-state index is -1.52. The van der Waals surface area contributed by atoms with Crippen molar-refractivity contribution < 1.29 is 23.9 Å². The SMILES string of the molecule is COc1ccc(CN2C(=O)[C@@H]3[C@@H](C2=O)[C@@]2(N[C@@H]3CC(N)=O)C(=O)Nc3ccc(Cl)cc32)cc1. The number of likely N-dealkylation sites (tertiary alicyclic amines) is 1. The van der Waals surface area contributed by atoms with Crippen LogP contribution in [0.4, 0.5) is 5.69 Å². The van der Waals surface area contributed by atoms with Crippen LogP contribution in [-0.2, 0) is 31.3 Å². The average molecular weight is 469 g/mol. The summed E-state index contributed by atoms with van der Waals surface area (Å²) >= 11 is 6.21. The number of halogens is 1. The van der Waals surface area contributed by atoms with Gasteiger partial charge in [0.15, 0.2) is 0 Å². The number of anilines is 1. The second kappa shape index (κ2) is 7.57. The number of primary amides is 1. The molecule has 1 spiro atoms. The molecule has 170 valence electrons. The normalized spacial score (nSPS) is 27.6. The molecule has 33 heavy (non-hydrogen) atoms. The zero-order valence-corrected chi connectivity index (χ0v) is 18.4. The molecule has 0 unspecified atom stereocenters. The van der Waals surface area contributed by atoms with Crippen molar-refractivity contribution in [2.45, 2.75) is 24.5 Å². The molecule has 3 aliphatic rings. The van der Waals surface area contributed by atoms with Crippen molar-refractivity contribution in [3.63, 3.8) is 0 Å². The number of ether oxygens (including phenoxy) is 1. The van der Waals surface area contributed by atoms with E-state index in [0.717, 1.165) is 10.5 Å². The number of carbonyl (C=O) groups is 4. The summed E-state index contributed by atoms with van der Waals surface area (Å²) in [4.78, 5) is 53.4. The fourth-order valence-corrected chi connectivity index (χ4v) is 5.47. The predicted octanol–water partition coefficient (Wildman–Crippen LogP) is 1.14. The second-order valence-electron chi connectivity index (χ2n) is 8.49. The maximum absolute atomic E-state index is 13.7. The molecule has 4 N–H and O–H groups in total. The van der Waals surface area contributed by atoms with Crippen LogP contribution in [0.3, 0.4) is 0 Å². The number of benzene rings is 2. The molecule has 10 heteroatoms. The van der Waals surface area contributed by atoms with Gasteiger partial charge in [-0.25, -0.2) is 0 Å². The van der Waals surface area contributed by atoms with Gasteiger partial charge in [-0.2, -0.15) is 0 Å². The Bertz CT molecular complexity index is 1200. The van der Waals surface area contributed by atoms with Crippen LogP contribution in [0, 0.1) is 11.8 Å². The van der Waals surface area contributed by atoms with E-state index in [9.17, 15) is 19.2 Å². The number of nitrogens with one attached hydrogen (secondary N) is 2. The monoisotopic (exact) mass is 468 g/mol. The number of hydrogen-bond donors (Lipinski definition) is 3. The minimum Gasteiger partial charge on any atom is -0.497 e. The van der Waals surface area contributed by atoms with Crippen molar-refractivity contribution in [2.75, 3.05) is 12.4 Å². The largest absolute Gasteiger partial charge is 0.497 e. The van der Waals surface area contributed by atoms with Gasteiger partial charge in [0.25, 0.3) is 0 Å². The topological polar surface area (TPSA) is 131 Å². The summed E-state index contributed by atoms with van der Waals surface area (Å²) in [6.45, 7) is 0.0397. The Kier molecular flexibility index (Phi) is 4.91. The number of rotatable bonds is 5. The van der Waals surface area contributed by atoms with Gasteiger partial charge in [0.2, 0.25) is 23.6 Å². The number of amides is 4. The smallest absolute Gasteiger partial charge is 0.250 e. The van der Waals surface area contributed by atoms with Crippen LogP contribution in [0.1, 0.15) is 17.5 Å². The van der Waals surface area contributed by atoms with Crippen LogP contribution in [0.15, 0.2) is 42.5 Å². The summed E-state index contributed by atoms with van der Waals surface area (Å²) in [6.07, 6.45) is -0.193. The van der Waals surface area contributed by atoms with Crippen molar-refractivity contribution in [3.8, 4) is 5.75 Å². The van der Waals surface area contributed by atoms with E-state index in [0.29, 0.717) is 22.0 Å². The first-order valence-electron chi connectivity index (χ1n) is 10.4. The molecular weight excluding hydrogens is 448 g/mol. The summed E-state index contributed by atoms with van der Waals surface area (Å²) in [5, 5.41) is 6.30. The van der Waals surface area contributed by atoms with Crippen LogP contribution in [0.5, 0.6) is 5.75 Å². The van der Waals surface area contributed by atoms with Gasteiger partial charge in [0.05, 0.1) is 25.5 Å². The molecule has 0 aliphatic carbocycles. The molecule has 0 saturated carbocycles. The fourth-order valence-electron chi connectivity index (χ4n) is 5.29. The van der Waals surface area contributed by atoms with Crippen LogP contribution < -0.4 is 21.1 Å². The number of fused-ring (bicyclic) bond motifs is 4. The van der Waals surface area contributed by atoms with E-state index in [2.05, 4.69) is 10.6 Å². The Morgan fingerprint density at radius 3 is 2.55 bits per heavy atom. The molecule has 2 saturated heterocycles. The van der Waals surface area contributed by atoms with Crippen molar-refractivity contribution in [3.05, 3.63) is 58.6 Å². The van der Waals surface area contributed by atoms with Gasteiger partial charge in [-0.05, 0) is 35.9 Å². The van der Waals surface area contributed by atoms with Gasteiger partial charge in [0.1, 0.15) is 11.3 Å². The van der Waals surface area contributed by atoms with Crippen LogP contribution in [0.25, 0.3) is 0 Å². The highest BCUT2D eigenvalue weighted by atomic mass is 35.5. The zero-order chi connectivity index (χ0) is 23.5. The molecule has 2 fully saturated rings. The molecule has 0 radical (unpaired) electrons. The van der Waals surface area contributed by atoms with Crippen LogP contribution >= 0.6 is 11.6 Å². The van der Waals surface area contributed by atoms with Crippen molar-refractivity contribution >= 4 is 40.9 Å². The molecular formula is C23H21ClN4O5. The molecule has 3 heterocycles. The third-order valence-corrected chi connectivity index (χ3v) is 6.92. The first kappa shape index (κ1) is 21.4. The maximum Gasteiger partial charge on any atom is 0.250 e. The Morgan fingerprint density at radius 2 is 1.88 bits per heavy atom. The molecule has 3 aliphatic heterocycles. The lowest BCUT2D eigenvalue weighted by atomic mass is 9.76. The van der Waals surface area contributed by atoms with Gasteiger partial charge < -0.3 is 15.8 Å². The van der Waals surface area contributed by atoms with Crippen molar-refractivity contribution in [1.82, 2.24) is 10.2 Å². The lowest BCUT2D eigenvalue weighted by molar-refractivity contribution is -0.143. The van der Waals surface area contributed by atoms with Crippen molar-refractivity contribution in [1.29, 1.82) is 0 Å². The zero-order valence-electron chi connectivity index (χ0n) is 17.6. The third kappa shape index (κ3) is 3.11. The molecule has 4 amide bonds. The summed E-state index contributed by atoms with van der Waals surface area (Å²) < 4.78 is 5.16. The number of methoxy groups -OCH3 is 1. The molecule has 0 bridgehead atoms. The van der Waals surface area contributed by atoms with Crippen molar-refractivity contribution in [2.24, 2.45) is 17.6 Å². The highest BCUT2D eigenvalue weighted by Crippen LogP contribution is 2.53. The predicted molar refractivity (Wildman–Crippen MR) is 118 cm³/mol. The lowest BCUT2D eigenvalue weighted by Crippen LogP contribution is -2.53. The van der Waals surface area contributed by atoms with Gasteiger partial charge in [-0.1, -0.05) is 23.7 Å². The van der Waals surface area contributed by atoms with Gasteiger partial charge >= 0.3 is 0 Å². The molecule has 4 atom stereocenters. The van der Waals surface area contributed by atoms with Gasteiger partial charge in [0, 0.05) is 28.7 Å². The highest BCUT2D eigenvalue weighted by Gasteiger charge is 2.70. The summed E-state index contributed by atoms with van der Waals surface area (Å²) in [6, 6.07) is 11.1. The van der Waals surface area contributed by atoms with Crippen LogP contribution in [0.2, 0.25) is 5.02 Å². The fraction of sp³-hybridized carbons (Fsp3) is 0.304. The number of carbonyl (C=O) groups excluding carboxylic acids is 4. The first-order chi connectivity index (χ1) is 15.8. The van der Waals surface area contributed by atoms with E-state index >= 15 is 0 Å². The number of nitrogens with zero attached hydrogens (tertiary/aromatic N) is 1. The van der Waals surface area contributed by atoms with Gasteiger partial charge in [-0.3, -0.25) is 29.4 Å². The van der Waals surface area contributed by atoms with E-state index in [1.165, 1.54) is 0 Å². The average Bonchev–Trinajstić information content (AvgIpc) is 3.34. The quantitative estimate of drug-likeness (QED) is 0.564. The Morgan fingerprint density at radius 1 is 1.15 bits per heavy atom. The maximum atomic E-state index is 13.7. The summed E-state index contributed by atoms with van der Waals surface area (Å²) in [5.74, 6) is -3.33. The van der Waals surface area contributed by atoms with E-state index in [1.807, 2.05) is 0 Å². The highest BCUT2D eigenvalue weighted by molar-refractivity contribution is 6.31. The minimum absolute atomic E-state index is 0.0397. The van der Waals surface area contributed by atoms with E-state index in [-0.39, 0.29) is 13.0 Å². The van der Waals surface area contributed by atoms with E-state index < -0.39 is 47.0 Å². The molecule has 9 nitrogen and oxygen atoms in total. The number of nitrogens with two attached hydrogens (primary N) is 1. The molecule has 0 aromatic heterocycles. The first-order valence-corrected chi connectivity index (χ1v) is 10.8. The Balaban J connectivity index is 1.57. The van der Waals surface area contributed by atoms with Gasteiger partial charge in [-0.15, -0.1) is 0 Å². The Labute approximate surface area is 194 Å². The van der Waals surface area contributed by atoms with E-state index in [4.69, 9.17) is 22.1 Å². The lowest BCUT2D eigenvalue weighted by Gasteiger charge is -2.29. The van der Waals surface area contributed by atoms with E-state index in [1.54, 1.807) is 49.6 Å². The molecule has 2 aromatic carbocycles. The summed E-state index contributed by atoms with van der Waals surface area (Å²) in [5.41, 5.74) is 5.63. The second-order valence-corrected chi connectivity index (χ2v) is 8.92. The molecule has 2 aromatic rings. The standard InChI is InChI=1S/C23H21ClN4O5/c1-33-13-5-2-11(3-6-13)10-28-20(30)18-16(9-17(25)29)27-23(19(18)21(28)31)14-8-12(24)4-7-15(14)26-22(23)32/h2-8,16,18-19,27H,9-10H2,1H3,(H2,25,29)(H,26,32)/t16-,18+,19+,23-/m1/s1. The third-order valence-electron chi connectivity index (χ3n) is 6.69. The summed E-state index contributed by atoms with van der Waals surface area (Å²) in [7, 11) is 1.55. The number of imide groups is 1. The number of hydrogen-bond acceptors (Lipinski definition) is 6.